The third kappa shape index (κ3) is 7.73. The van der Waals surface area contributed by atoms with Crippen LogP contribution in [0.3, 0.4) is 0 Å². The van der Waals surface area contributed by atoms with E-state index in [-0.39, 0.29) is 0 Å². The number of hydrogen-bond donors (Lipinski definition) is 0. The molecule has 0 amide bonds. The van der Waals surface area contributed by atoms with Crippen molar-refractivity contribution in [3.05, 3.63) is 35.9 Å². The van der Waals surface area contributed by atoms with E-state index in [9.17, 15) is 0 Å². The lowest BCUT2D eigenvalue weighted by Gasteiger charge is -2.14. The fraction of sp³-hybridized carbons (Fsp3) is 0.583. The highest BCUT2D eigenvalue weighted by Crippen LogP contribution is 2.34. The van der Waals surface area contributed by atoms with Gasteiger partial charge in [0, 0.05) is 16.1 Å². The number of aryl methyl sites for hydroxylation is 1. The fourth-order valence-corrected chi connectivity index (χ4v) is 3.68. The maximum atomic E-state index is 6.11. The van der Waals surface area contributed by atoms with E-state index in [1.54, 1.807) is 0 Å². The molecule has 0 radical (unpaired) electrons. The second kappa shape index (κ2) is 13.0. The van der Waals surface area contributed by atoms with Crippen molar-refractivity contribution in [1.82, 2.24) is 0 Å². The van der Waals surface area contributed by atoms with Crippen LogP contribution < -0.4 is 9.47 Å². The zero-order chi connectivity index (χ0) is 19.3. The van der Waals surface area contributed by atoms with Crippen molar-refractivity contribution in [2.24, 2.45) is 0 Å². The Morgan fingerprint density at radius 1 is 0.704 bits per heavy atom. The summed E-state index contributed by atoms with van der Waals surface area (Å²) in [5.41, 5.74) is 1.25. The number of halogens is 1. The van der Waals surface area contributed by atoms with Gasteiger partial charge >= 0.3 is 0 Å². The lowest BCUT2D eigenvalue weighted by atomic mass is 10.1. The predicted molar refractivity (Wildman–Crippen MR) is 121 cm³/mol. The number of rotatable bonds is 14. The first-order chi connectivity index (χ1) is 13.3. The normalized spacial score (nSPS) is 11.1. The van der Waals surface area contributed by atoms with E-state index < -0.39 is 0 Å². The standard InChI is InChI=1S/C24H35BrO2/c1-3-4-5-7-10-17-26-23-14-15-24(27-18-11-8-6-9-16-25)22-19-20(2)12-13-21(22)23/h12-15,19H,3-11,16-18H2,1-2H3. The van der Waals surface area contributed by atoms with Gasteiger partial charge in [0.05, 0.1) is 13.2 Å². The summed E-state index contributed by atoms with van der Waals surface area (Å²) in [6.07, 6.45) is 11.1. The number of fused-ring (bicyclic) bond motifs is 1. The molecule has 2 rings (SSSR count). The summed E-state index contributed by atoms with van der Waals surface area (Å²) < 4.78 is 12.2. The molecule has 0 bridgehead atoms. The van der Waals surface area contributed by atoms with Crippen molar-refractivity contribution >= 4 is 26.7 Å². The molecule has 0 unspecified atom stereocenters. The van der Waals surface area contributed by atoms with E-state index in [2.05, 4.69) is 60.1 Å². The van der Waals surface area contributed by atoms with Gasteiger partial charge in [-0.1, -0.05) is 79.1 Å². The summed E-state index contributed by atoms with van der Waals surface area (Å²) in [5.74, 6) is 1.95. The molecular formula is C24H35BrO2. The van der Waals surface area contributed by atoms with Crippen LogP contribution in [0, 0.1) is 6.92 Å². The molecule has 0 N–H and O–H groups in total. The topological polar surface area (TPSA) is 18.5 Å². The van der Waals surface area contributed by atoms with Crippen LogP contribution >= 0.6 is 15.9 Å². The third-order valence-corrected chi connectivity index (χ3v) is 5.44. The van der Waals surface area contributed by atoms with E-state index in [0.29, 0.717) is 0 Å². The van der Waals surface area contributed by atoms with E-state index in [1.807, 2.05) is 0 Å². The molecular weight excluding hydrogens is 400 g/mol. The van der Waals surface area contributed by atoms with Crippen LogP contribution in [0.15, 0.2) is 30.3 Å². The summed E-state index contributed by atoms with van der Waals surface area (Å²) >= 11 is 3.49. The molecule has 0 fully saturated rings. The molecule has 0 saturated heterocycles. The van der Waals surface area contributed by atoms with Crippen LogP contribution in [0.2, 0.25) is 0 Å². The average molecular weight is 435 g/mol. The van der Waals surface area contributed by atoms with Crippen LogP contribution in [-0.2, 0) is 0 Å². The Balaban J connectivity index is 1.95. The minimum absolute atomic E-state index is 0.781. The zero-order valence-electron chi connectivity index (χ0n) is 17.1. The maximum absolute atomic E-state index is 6.11. The number of hydrogen-bond acceptors (Lipinski definition) is 2. The van der Waals surface area contributed by atoms with E-state index in [0.717, 1.165) is 48.3 Å². The first-order valence-electron chi connectivity index (χ1n) is 10.6. The molecule has 0 aliphatic rings. The first-order valence-corrected chi connectivity index (χ1v) is 11.7. The quantitative estimate of drug-likeness (QED) is 0.222. The van der Waals surface area contributed by atoms with Gasteiger partial charge in [0.15, 0.2) is 0 Å². The van der Waals surface area contributed by atoms with Crippen LogP contribution in [-0.4, -0.2) is 18.5 Å². The lowest BCUT2D eigenvalue weighted by Crippen LogP contribution is -2.01. The van der Waals surface area contributed by atoms with Gasteiger partial charge in [0.25, 0.3) is 0 Å². The Kier molecular flexibility index (Phi) is 10.7. The molecule has 150 valence electrons. The van der Waals surface area contributed by atoms with Crippen molar-refractivity contribution in [2.45, 2.75) is 71.6 Å². The number of unbranched alkanes of at least 4 members (excludes halogenated alkanes) is 7. The molecule has 3 heteroatoms. The Bertz CT molecular complexity index is 669. The largest absolute Gasteiger partial charge is 0.493 e. The van der Waals surface area contributed by atoms with Gasteiger partial charge in [-0.2, -0.15) is 0 Å². The smallest absolute Gasteiger partial charge is 0.127 e. The highest BCUT2D eigenvalue weighted by Gasteiger charge is 2.09. The molecule has 2 aromatic rings. The summed E-state index contributed by atoms with van der Waals surface area (Å²) in [4.78, 5) is 0. The molecule has 0 aliphatic heterocycles. The van der Waals surface area contributed by atoms with Gasteiger partial charge in [-0.25, -0.2) is 0 Å². The first kappa shape index (κ1) is 22.1. The number of ether oxygens (including phenoxy) is 2. The summed E-state index contributed by atoms with van der Waals surface area (Å²) in [7, 11) is 0. The van der Waals surface area contributed by atoms with Crippen LogP contribution in [0.1, 0.15) is 70.3 Å². The second-order valence-electron chi connectivity index (χ2n) is 7.33. The molecule has 27 heavy (non-hydrogen) atoms. The Labute approximate surface area is 173 Å². The fourth-order valence-electron chi connectivity index (χ4n) is 3.28. The van der Waals surface area contributed by atoms with Crippen LogP contribution in [0.5, 0.6) is 11.5 Å². The van der Waals surface area contributed by atoms with Crippen molar-refractivity contribution in [1.29, 1.82) is 0 Å². The highest BCUT2D eigenvalue weighted by atomic mass is 79.9. The Hall–Kier alpha value is -1.22. The third-order valence-electron chi connectivity index (χ3n) is 4.88. The van der Waals surface area contributed by atoms with Crippen molar-refractivity contribution in [2.75, 3.05) is 18.5 Å². The minimum atomic E-state index is 0.781. The second-order valence-corrected chi connectivity index (χ2v) is 8.12. The van der Waals surface area contributed by atoms with Gasteiger partial charge in [0.2, 0.25) is 0 Å². The van der Waals surface area contributed by atoms with E-state index >= 15 is 0 Å². The minimum Gasteiger partial charge on any atom is -0.493 e. The molecule has 0 aliphatic carbocycles. The van der Waals surface area contributed by atoms with Gasteiger partial charge in [-0.3, -0.25) is 0 Å². The van der Waals surface area contributed by atoms with Crippen LogP contribution in [0.4, 0.5) is 0 Å². The lowest BCUT2D eigenvalue weighted by molar-refractivity contribution is 0.302. The molecule has 0 spiro atoms. The molecule has 2 nitrogen and oxygen atoms in total. The van der Waals surface area contributed by atoms with Gasteiger partial charge in [0.1, 0.15) is 11.5 Å². The van der Waals surface area contributed by atoms with Gasteiger partial charge < -0.3 is 9.47 Å². The summed E-state index contributed by atoms with van der Waals surface area (Å²) in [6, 6.07) is 10.7. The monoisotopic (exact) mass is 434 g/mol. The molecule has 2 aromatic carbocycles. The molecule has 0 aromatic heterocycles. The van der Waals surface area contributed by atoms with Crippen molar-refractivity contribution in [3.8, 4) is 11.5 Å². The van der Waals surface area contributed by atoms with E-state index in [1.165, 1.54) is 55.9 Å². The number of alkyl halides is 1. The maximum Gasteiger partial charge on any atom is 0.127 e. The summed E-state index contributed by atoms with van der Waals surface area (Å²) in [5, 5.41) is 3.42. The molecule has 0 heterocycles. The SMILES string of the molecule is CCCCCCCOc1ccc(OCCCCCCBr)c2cc(C)ccc12. The van der Waals surface area contributed by atoms with Gasteiger partial charge in [-0.05, 0) is 44.4 Å². The number of benzene rings is 2. The molecule has 0 saturated carbocycles. The predicted octanol–water partition coefficient (Wildman–Crippen LogP) is 7.83. The average Bonchev–Trinajstić information content (AvgIpc) is 2.68. The van der Waals surface area contributed by atoms with Crippen LogP contribution in [0.25, 0.3) is 10.8 Å². The van der Waals surface area contributed by atoms with Crippen molar-refractivity contribution in [3.63, 3.8) is 0 Å². The van der Waals surface area contributed by atoms with Crippen molar-refractivity contribution < 1.29 is 9.47 Å². The molecule has 0 atom stereocenters. The highest BCUT2D eigenvalue weighted by molar-refractivity contribution is 9.09. The Morgan fingerprint density at radius 3 is 1.93 bits per heavy atom. The Morgan fingerprint density at radius 2 is 1.30 bits per heavy atom. The van der Waals surface area contributed by atoms with Gasteiger partial charge in [-0.15, -0.1) is 0 Å². The zero-order valence-corrected chi connectivity index (χ0v) is 18.7. The summed E-state index contributed by atoms with van der Waals surface area (Å²) in [6.45, 7) is 5.95. The van der Waals surface area contributed by atoms with E-state index in [4.69, 9.17) is 9.47 Å².